The third-order valence-electron chi connectivity index (χ3n) is 4.09. The summed E-state index contributed by atoms with van der Waals surface area (Å²) in [6, 6.07) is 15.7. The molecule has 26 heavy (non-hydrogen) atoms. The molecule has 1 heterocycles. The number of ether oxygens (including phenoxy) is 1. The fourth-order valence-corrected chi connectivity index (χ4v) is 3.15. The number of aromatic nitrogens is 1. The number of hydrazone groups is 1. The first kappa shape index (κ1) is 17.6. The minimum absolute atomic E-state index is 0.260. The van der Waals surface area contributed by atoms with Crippen LogP contribution in [0.3, 0.4) is 0 Å². The lowest BCUT2D eigenvalue weighted by atomic mass is 10.1. The van der Waals surface area contributed by atoms with Crippen LogP contribution in [-0.4, -0.2) is 17.8 Å². The quantitative estimate of drug-likeness (QED) is 0.524. The molecule has 5 nitrogen and oxygen atoms in total. The summed E-state index contributed by atoms with van der Waals surface area (Å²) < 4.78 is 5.17. The average molecular weight is 362 g/mol. The van der Waals surface area contributed by atoms with Gasteiger partial charge in [0, 0.05) is 10.9 Å². The molecule has 6 heteroatoms. The first-order chi connectivity index (χ1) is 12.6. The first-order valence-electron chi connectivity index (χ1n) is 8.02. The molecule has 0 saturated heterocycles. The van der Waals surface area contributed by atoms with Crippen molar-refractivity contribution in [3.8, 4) is 23.1 Å². The van der Waals surface area contributed by atoms with E-state index in [2.05, 4.69) is 21.6 Å². The maximum atomic E-state index is 9.46. The van der Waals surface area contributed by atoms with E-state index < -0.39 is 0 Å². The van der Waals surface area contributed by atoms with Crippen molar-refractivity contribution in [1.29, 1.82) is 5.26 Å². The molecule has 1 aromatic heterocycles. The van der Waals surface area contributed by atoms with Crippen LogP contribution in [0.25, 0.3) is 11.3 Å². The molecular formula is C20H18N4OS. The van der Waals surface area contributed by atoms with E-state index in [9.17, 15) is 5.26 Å². The largest absolute Gasteiger partial charge is 0.497 e. The zero-order chi connectivity index (χ0) is 18.5. The van der Waals surface area contributed by atoms with Gasteiger partial charge in [-0.2, -0.15) is 10.4 Å². The smallest absolute Gasteiger partial charge is 0.196 e. The van der Waals surface area contributed by atoms with Gasteiger partial charge in [-0.3, -0.25) is 5.43 Å². The van der Waals surface area contributed by atoms with Crippen molar-refractivity contribution < 1.29 is 4.74 Å². The van der Waals surface area contributed by atoms with E-state index >= 15 is 0 Å². The number of thiazole rings is 1. The molecule has 2 aromatic carbocycles. The van der Waals surface area contributed by atoms with Crippen LogP contribution in [0.5, 0.6) is 5.75 Å². The van der Waals surface area contributed by atoms with Crippen LogP contribution < -0.4 is 10.2 Å². The van der Waals surface area contributed by atoms with E-state index in [0.29, 0.717) is 5.01 Å². The summed E-state index contributed by atoms with van der Waals surface area (Å²) in [4.78, 5) is 4.54. The number of anilines is 1. The molecule has 0 saturated carbocycles. The van der Waals surface area contributed by atoms with Crippen molar-refractivity contribution in [1.82, 2.24) is 4.98 Å². The standard InChI is InChI=1S/C20H18N4OS/c1-13-5-4-6-17(14(13)2)23-24-18(11-21)20-22-19(12-26-20)15-7-9-16(25-3)10-8-15/h4-10,12,23H,1-3H3/b24-18-. The SMILES string of the molecule is COc1ccc(-c2csc(/C(C#N)=N\Nc3cccc(C)c3C)n2)cc1. The summed E-state index contributed by atoms with van der Waals surface area (Å²) in [5, 5.41) is 16.2. The van der Waals surface area contributed by atoms with Crippen molar-refractivity contribution in [3.63, 3.8) is 0 Å². The summed E-state index contributed by atoms with van der Waals surface area (Å²) >= 11 is 1.39. The molecule has 0 radical (unpaired) electrons. The maximum Gasteiger partial charge on any atom is 0.196 e. The van der Waals surface area contributed by atoms with E-state index in [-0.39, 0.29) is 5.71 Å². The van der Waals surface area contributed by atoms with E-state index in [0.717, 1.165) is 28.3 Å². The fourth-order valence-electron chi connectivity index (χ4n) is 2.39. The number of hydrogen-bond acceptors (Lipinski definition) is 6. The molecule has 0 aliphatic rings. The number of nitrogens with zero attached hydrogens (tertiary/aromatic N) is 3. The van der Waals surface area contributed by atoms with Gasteiger partial charge in [0.1, 0.15) is 11.8 Å². The number of nitriles is 1. The lowest BCUT2D eigenvalue weighted by Crippen LogP contribution is -2.02. The van der Waals surface area contributed by atoms with Crippen molar-refractivity contribution in [3.05, 3.63) is 64.0 Å². The van der Waals surface area contributed by atoms with Gasteiger partial charge in [-0.05, 0) is 55.3 Å². The van der Waals surface area contributed by atoms with Crippen molar-refractivity contribution in [2.24, 2.45) is 5.10 Å². The van der Waals surface area contributed by atoms with Gasteiger partial charge in [0.15, 0.2) is 10.7 Å². The van der Waals surface area contributed by atoms with Crippen LogP contribution in [0.15, 0.2) is 52.9 Å². The lowest BCUT2D eigenvalue weighted by Gasteiger charge is -2.07. The normalized spacial score (nSPS) is 11.1. The van der Waals surface area contributed by atoms with Gasteiger partial charge >= 0.3 is 0 Å². The topological polar surface area (TPSA) is 70.3 Å². The molecule has 0 aliphatic carbocycles. The van der Waals surface area contributed by atoms with Gasteiger partial charge in [0.25, 0.3) is 0 Å². The molecule has 3 aromatic rings. The zero-order valence-corrected chi connectivity index (χ0v) is 15.6. The summed E-state index contributed by atoms with van der Waals surface area (Å²) in [5.74, 6) is 0.793. The molecule has 0 amide bonds. The Kier molecular flexibility index (Phi) is 5.30. The molecule has 3 rings (SSSR count). The molecule has 0 unspecified atom stereocenters. The van der Waals surface area contributed by atoms with Crippen LogP contribution in [0, 0.1) is 25.2 Å². The van der Waals surface area contributed by atoms with Gasteiger partial charge in [0.2, 0.25) is 0 Å². The molecule has 0 bridgehead atoms. The Morgan fingerprint density at radius 2 is 1.96 bits per heavy atom. The van der Waals surface area contributed by atoms with Crippen LogP contribution >= 0.6 is 11.3 Å². The number of methoxy groups -OCH3 is 1. The van der Waals surface area contributed by atoms with Gasteiger partial charge in [0.05, 0.1) is 18.5 Å². The highest BCUT2D eigenvalue weighted by Crippen LogP contribution is 2.25. The third-order valence-corrected chi connectivity index (χ3v) is 4.94. The Morgan fingerprint density at radius 3 is 2.65 bits per heavy atom. The highest BCUT2D eigenvalue weighted by atomic mass is 32.1. The fraction of sp³-hybridized carbons (Fsp3) is 0.150. The Hall–Kier alpha value is -3.17. The highest BCUT2D eigenvalue weighted by molar-refractivity contribution is 7.12. The zero-order valence-electron chi connectivity index (χ0n) is 14.8. The lowest BCUT2D eigenvalue weighted by molar-refractivity contribution is 0.415. The van der Waals surface area contributed by atoms with Crippen molar-refractivity contribution in [2.75, 3.05) is 12.5 Å². The van der Waals surface area contributed by atoms with Gasteiger partial charge in [-0.15, -0.1) is 11.3 Å². The van der Waals surface area contributed by atoms with Gasteiger partial charge in [-0.1, -0.05) is 12.1 Å². The van der Waals surface area contributed by atoms with Crippen LogP contribution in [-0.2, 0) is 0 Å². The van der Waals surface area contributed by atoms with E-state index in [1.165, 1.54) is 16.9 Å². The highest BCUT2D eigenvalue weighted by Gasteiger charge is 2.11. The number of benzene rings is 2. The minimum atomic E-state index is 0.260. The molecule has 1 N–H and O–H groups in total. The number of hydrogen-bond donors (Lipinski definition) is 1. The summed E-state index contributed by atoms with van der Waals surface area (Å²) in [7, 11) is 1.63. The van der Waals surface area contributed by atoms with Crippen LogP contribution in [0.2, 0.25) is 0 Å². The molecule has 130 valence electrons. The molecule has 0 aliphatic heterocycles. The summed E-state index contributed by atoms with van der Waals surface area (Å²) in [6.07, 6.45) is 0. The average Bonchev–Trinajstić information content (AvgIpc) is 3.15. The predicted octanol–water partition coefficient (Wildman–Crippen LogP) is 4.78. The van der Waals surface area contributed by atoms with Gasteiger partial charge in [-0.25, -0.2) is 4.98 Å². The Morgan fingerprint density at radius 1 is 1.19 bits per heavy atom. The second-order valence-electron chi connectivity index (χ2n) is 5.70. The van der Waals surface area contributed by atoms with E-state index in [1.807, 2.05) is 61.7 Å². The minimum Gasteiger partial charge on any atom is -0.497 e. The summed E-state index contributed by atoms with van der Waals surface area (Å²) in [5.41, 5.74) is 8.17. The van der Waals surface area contributed by atoms with E-state index in [1.54, 1.807) is 7.11 Å². The first-order valence-corrected chi connectivity index (χ1v) is 8.90. The molecule has 0 fully saturated rings. The molecule has 0 atom stereocenters. The maximum absolute atomic E-state index is 9.46. The van der Waals surface area contributed by atoms with Crippen molar-refractivity contribution in [2.45, 2.75) is 13.8 Å². The van der Waals surface area contributed by atoms with Crippen LogP contribution in [0.4, 0.5) is 5.69 Å². The summed E-state index contributed by atoms with van der Waals surface area (Å²) in [6.45, 7) is 4.06. The Balaban J connectivity index is 1.83. The Labute approximate surface area is 156 Å². The van der Waals surface area contributed by atoms with Crippen molar-refractivity contribution >= 4 is 22.7 Å². The van der Waals surface area contributed by atoms with Gasteiger partial charge < -0.3 is 4.74 Å². The Bertz CT molecular complexity index is 984. The second-order valence-corrected chi connectivity index (χ2v) is 6.56. The monoisotopic (exact) mass is 362 g/mol. The predicted molar refractivity (Wildman–Crippen MR) is 106 cm³/mol. The number of nitrogens with one attached hydrogen (secondary N) is 1. The molecule has 0 spiro atoms. The third kappa shape index (κ3) is 3.73. The number of rotatable bonds is 5. The molecular weight excluding hydrogens is 344 g/mol. The van der Waals surface area contributed by atoms with E-state index in [4.69, 9.17) is 4.74 Å². The number of aryl methyl sites for hydroxylation is 1. The van der Waals surface area contributed by atoms with Crippen LogP contribution in [0.1, 0.15) is 16.1 Å². The second kappa shape index (κ2) is 7.81.